The van der Waals surface area contributed by atoms with E-state index in [1.165, 1.54) is 51.0 Å². The minimum Gasteiger partial charge on any atom is -0.462 e. The quantitative estimate of drug-likeness (QED) is 0.132. The number of ether oxygens (including phenoxy) is 1. The summed E-state index contributed by atoms with van der Waals surface area (Å²) >= 11 is 6.26. The molecule has 9 heteroatoms. The summed E-state index contributed by atoms with van der Waals surface area (Å²) in [6.07, 6.45) is 12.2. The van der Waals surface area contributed by atoms with Crippen molar-refractivity contribution in [3.05, 3.63) is 58.7 Å². The summed E-state index contributed by atoms with van der Waals surface area (Å²) in [5.41, 5.74) is 5.67. The second-order valence-electron chi connectivity index (χ2n) is 9.60. The third-order valence-corrected chi connectivity index (χ3v) is 6.97. The highest BCUT2D eigenvalue weighted by atomic mass is 35.5. The van der Waals surface area contributed by atoms with Crippen molar-refractivity contribution in [3.63, 3.8) is 0 Å². The van der Waals surface area contributed by atoms with Crippen LogP contribution in [0.15, 0.2) is 47.6 Å². The number of halogens is 1. The molecule has 8 nitrogen and oxygen atoms in total. The average molecular weight is 542 g/mol. The number of hydrogen-bond donors (Lipinski definition) is 2. The third kappa shape index (κ3) is 8.38. The molecule has 0 atom stereocenters. The number of imidazole rings is 1. The van der Waals surface area contributed by atoms with Crippen LogP contribution >= 0.6 is 11.6 Å². The maximum atomic E-state index is 12.5. The Kier molecular flexibility index (Phi) is 11.7. The van der Waals surface area contributed by atoms with Gasteiger partial charge in [0.1, 0.15) is 0 Å². The molecule has 3 aromatic rings. The normalized spacial score (nSPS) is 10.9. The van der Waals surface area contributed by atoms with Crippen LogP contribution in [-0.4, -0.2) is 27.7 Å². The number of para-hydroxylation sites is 2. The number of benzene rings is 2. The van der Waals surface area contributed by atoms with Crippen molar-refractivity contribution in [2.24, 2.45) is 19.2 Å². The minimum atomic E-state index is -0.576. The van der Waals surface area contributed by atoms with Crippen LogP contribution in [0.4, 0.5) is 10.5 Å². The summed E-state index contributed by atoms with van der Waals surface area (Å²) in [7, 11) is 3.75. The Balaban J connectivity index is 1.45. The number of anilines is 1. The fraction of sp³-hybridized carbons (Fsp3) is 0.483. The Morgan fingerprint density at radius 3 is 2.05 bits per heavy atom. The number of rotatable bonds is 14. The molecule has 1 heterocycles. The molecule has 0 aliphatic rings. The molecule has 2 N–H and O–H groups in total. The Morgan fingerprint density at radius 1 is 0.868 bits per heavy atom. The van der Waals surface area contributed by atoms with Crippen LogP contribution in [0.25, 0.3) is 11.0 Å². The van der Waals surface area contributed by atoms with Gasteiger partial charge >= 0.3 is 12.0 Å². The van der Waals surface area contributed by atoms with Gasteiger partial charge in [0.2, 0.25) is 5.62 Å². The first-order valence-electron chi connectivity index (χ1n) is 13.6. The number of esters is 1. The highest BCUT2D eigenvalue weighted by molar-refractivity contribution is 6.33. The average Bonchev–Trinajstić information content (AvgIpc) is 3.16. The number of unbranched alkanes of at least 4 members (excludes halogenated alkanes) is 9. The number of aromatic nitrogens is 2. The van der Waals surface area contributed by atoms with E-state index in [1.54, 1.807) is 12.1 Å². The van der Waals surface area contributed by atoms with E-state index >= 15 is 0 Å². The second-order valence-corrected chi connectivity index (χ2v) is 10.0. The molecule has 0 bridgehead atoms. The van der Waals surface area contributed by atoms with Gasteiger partial charge in [-0.1, -0.05) is 88.4 Å². The Labute approximate surface area is 230 Å². The van der Waals surface area contributed by atoms with Crippen molar-refractivity contribution in [3.8, 4) is 0 Å². The van der Waals surface area contributed by atoms with Gasteiger partial charge in [-0.2, -0.15) is 0 Å². The highest BCUT2D eigenvalue weighted by Gasteiger charge is 2.13. The van der Waals surface area contributed by atoms with Crippen molar-refractivity contribution in [1.29, 1.82) is 0 Å². The summed E-state index contributed by atoms with van der Waals surface area (Å²) < 4.78 is 9.19. The molecule has 0 fully saturated rings. The molecular formula is C29H40ClN5O3. The number of fused-ring (bicyclic) bond motifs is 1. The summed E-state index contributed by atoms with van der Waals surface area (Å²) in [5.74, 6) is -0.437. The lowest BCUT2D eigenvalue weighted by Crippen LogP contribution is -2.31. The van der Waals surface area contributed by atoms with E-state index in [9.17, 15) is 9.59 Å². The molecular weight excluding hydrogens is 502 g/mol. The molecule has 0 radical (unpaired) electrons. The second kappa shape index (κ2) is 15.2. The van der Waals surface area contributed by atoms with Crippen molar-refractivity contribution in [1.82, 2.24) is 14.6 Å². The van der Waals surface area contributed by atoms with E-state index in [1.807, 2.05) is 47.5 Å². The molecule has 0 unspecified atom stereocenters. The van der Waals surface area contributed by atoms with Crippen molar-refractivity contribution in [2.45, 2.75) is 71.1 Å². The lowest BCUT2D eigenvalue weighted by Gasteiger charge is -2.09. The standard InChI is InChI=1S/C29H40ClN5O3/c1-4-5-6-7-8-9-10-11-12-15-20-38-27(36)22-18-19-23(30)24(21-22)31-28(37)32-33-29-34(2)25-16-13-14-17-26(25)35(29)3/h13-14,16-19,21H,4-12,15,20H2,1-3H3,(H2,31,32,37). The van der Waals surface area contributed by atoms with Crippen LogP contribution in [0.5, 0.6) is 0 Å². The van der Waals surface area contributed by atoms with Gasteiger partial charge in [-0.3, -0.25) is 0 Å². The zero-order valence-electron chi connectivity index (χ0n) is 22.8. The van der Waals surface area contributed by atoms with Gasteiger partial charge in [0.15, 0.2) is 0 Å². The van der Waals surface area contributed by atoms with Gasteiger partial charge in [0.25, 0.3) is 0 Å². The number of aryl methyl sites for hydroxylation is 2. The molecule has 0 saturated carbocycles. The number of nitrogens with zero attached hydrogens (tertiary/aromatic N) is 3. The molecule has 2 amide bonds. The Hall–Kier alpha value is -3.26. The third-order valence-electron chi connectivity index (χ3n) is 6.64. The summed E-state index contributed by atoms with van der Waals surface area (Å²) in [6, 6.07) is 12.0. The van der Waals surface area contributed by atoms with E-state index < -0.39 is 12.0 Å². The zero-order chi connectivity index (χ0) is 27.3. The van der Waals surface area contributed by atoms with Crippen LogP contribution < -0.4 is 16.4 Å². The fourth-order valence-corrected chi connectivity index (χ4v) is 4.62. The predicted octanol–water partition coefficient (Wildman–Crippen LogP) is 6.89. The lowest BCUT2D eigenvalue weighted by molar-refractivity contribution is 0.0497. The SMILES string of the molecule is CCCCCCCCCCCCOC(=O)c1ccc(Cl)c(NC(=O)NN=c2n(C)c3ccccc3n2C)c1. The van der Waals surface area contributed by atoms with Gasteiger partial charge in [-0.15, -0.1) is 5.10 Å². The first-order valence-corrected chi connectivity index (χ1v) is 14.0. The number of hydrogen-bond acceptors (Lipinski definition) is 4. The van der Waals surface area contributed by atoms with Crippen LogP contribution in [0.3, 0.4) is 0 Å². The zero-order valence-corrected chi connectivity index (χ0v) is 23.5. The molecule has 2 aromatic carbocycles. The van der Waals surface area contributed by atoms with Crippen LogP contribution in [0.2, 0.25) is 5.02 Å². The molecule has 1 aromatic heterocycles. The van der Waals surface area contributed by atoms with E-state index in [0.717, 1.165) is 30.3 Å². The van der Waals surface area contributed by atoms with Gasteiger partial charge in [0.05, 0.1) is 33.9 Å². The number of carbonyl (C=O) groups is 2. The number of urea groups is 1. The Bertz CT molecular complexity index is 1240. The number of nitrogens with one attached hydrogen (secondary N) is 2. The highest BCUT2D eigenvalue weighted by Crippen LogP contribution is 2.23. The maximum Gasteiger partial charge on any atom is 0.339 e. The van der Waals surface area contributed by atoms with E-state index in [4.69, 9.17) is 16.3 Å². The smallest absolute Gasteiger partial charge is 0.339 e. The van der Waals surface area contributed by atoms with E-state index in [-0.39, 0.29) is 0 Å². The topological polar surface area (TPSA) is 89.7 Å². The van der Waals surface area contributed by atoms with Crippen molar-refractivity contribution >= 4 is 40.3 Å². The molecule has 3 rings (SSSR count). The molecule has 0 spiro atoms. The molecule has 0 aliphatic carbocycles. The first kappa shape index (κ1) is 29.3. The Morgan fingerprint density at radius 2 is 1.45 bits per heavy atom. The minimum absolute atomic E-state index is 0.300. The largest absolute Gasteiger partial charge is 0.462 e. The van der Waals surface area contributed by atoms with Gasteiger partial charge in [-0.05, 0) is 36.8 Å². The molecule has 38 heavy (non-hydrogen) atoms. The maximum absolute atomic E-state index is 12.5. The molecule has 0 saturated heterocycles. The van der Waals surface area contributed by atoms with Crippen molar-refractivity contribution in [2.75, 3.05) is 11.9 Å². The number of carbonyl (C=O) groups excluding carboxylic acids is 2. The first-order chi connectivity index (χ1) is 18.4. The number of amides is 2. The van der Waals surface area contributed by atoms with E-state index in [2.05, 4.69) is 22.8 Å². The predicted molar refractivity (Wildman–Crippen MR) is 153 cm³/mol. The fourth-order valence-electron chi connectivity index (χ4n) is 4.46. The molecule has 0 aliphatic heterocycles. The van der Waals surface area contributed by atoms with Crippen molar-refractivity contribution < 1.29 is 14.3 Å². The lowest BCUT2D eigenvalue weighted by atomic mass is 10.1. The summed E-state index contributed by atoms with van der Waals surface area (Å²) in [4.78, 5) is 25.0. The van der Waals surface area contributed by atoms with E-state index in [0.29, 0.717) is 28.5 Å². The monoisotopic (exact) mass is 541 g/mol. The van der Waals surface area contributed by atoms with Crippen LogP contribution in [0, 0.1) is 0 Å². The van der Waals surface area contributed by atoms with Gasteiger partial charge < -0.3 is 19.2 Å². The summed E-state index contributed by atoms with van der Waals surface area (Å²) in [6.45, 7) is 2.61. The molecule has 206 valence electrons. The summed E-state index contributed by atoms with van der Waals surface area (Å²) in [5, 5.41) is 7.21. The van der Waals surface area contributed by atoms with Gasteiger partial charge in [-0.25, -0.2) is 15.0 Å². The van der Waals surface area contributed by atoms with Crippen LogP contribution in [0.1, 0.15) is 81.5 Å². The van der Waals surface area contributed by atoms with Gasteiger partial charge in [0, 0.05) is 14.1 Å². The van der Waals surface area contributed by atoms with Crippen LogP contribution in [-0.2, 0) is 18.8 Å².